The average molecular weight is 278 g/mol. The molecule has 0 fully saturated rings. The molecule has 1 aromatic carbocycles. The Hall–Kier alpha value is -1.81. The number of aryl methyl sites for hydroxylation is 1. The summed E-state index contributed by atoms with van der Waals surface area (Å²) in [6.07, 6.45) is 0.821. The highest BCUT2D eigenvalue weighted by Gasteiger charge is 2.11. The van der Waals surface area contributed by atoms with E-state index in [0.29, 0.717) is 22.4 Å². The van der Waals surface area contributed by atoms with Crippen LogP contribution in [0.5, 0.6) is 5.75 Å². The molecule has 4 nitrogen and oxygen atoms in total. The molecular formula is C14H16ClN3O. The highest BCUT2D eigenvalue weighted by molar-refractivity contribution is 6.32. The van der Waals surface area contributed by atoms with Gasteiger partial charge in [-0.25, -0.2) is 9.97 Å². The van der Waals surface area contributed by atoms with Gasteiger partial charge in [-0.15, -0.1) is 0 Å². The molecule has 19 heavy (non-hydrogen) atoms. The van der Waals surface area contributed by atoms with E-state index in [-0.39, 0.29) is 0 Å². The summed E-state index contributed by atoms with van der Waals surface area (Å²) in [7, 11) is 1.58. The molecule has 0 amide bonds. The number of anilines is 1. The molecule has 1 heterocycles. The Morgan fingerprint density at radius 2 is 2.05 bits per heavy atom. The second-order valence-corrected chi connectivity index (χ2v) is 4.61. The predicted octanol–water partition coefficient (Wildman–Crippen LogP) is 3.26. The summed E-state index contributed by atoms with van der Waals surface area (Å²) >= 11 is 6.11. The molecule has 0 atom stereocenters. The third-order valence-corrected chi connectivity index (χ3v) is 3.30. The first-order chi connectivity index (χ1) is 9.06. The van der Waals surface area contributed by atoms with Crippen molar-refractivity contribution in [2.45, 2.75) is 20.3 Å². The minimum atomic E-state index is 0.525. The first kappa shape index (κ1) is 13.6. The second kappa shape index (κ2) is 5.45. The molecule has 100 valence electrons. The number of nitrogen functional groups attached to an aromatic ring is 1. The van der Waals surface area contributed by atoms with Crippen LogP contribution in [0.25, 0.3) is 11.4 Å². The Kier molecular flexibility index (Phi) is 3.90. The average Bonchev–Trinajstić information content (AvgIpc) is 2.38. The molecule has 0 aliphatic carbocycles. The van der Waals surface area contributed by atoms with Gasteiger partial charge in [0.25, 0.3) is 0 Å². The van der Waals surface area contributed by atoms with Crippen molar-refractivity contribution < 1.29 is 4.74 Å². The van der Waals surface area contributed by atoms with Gasteiger partial charge in [0, 0.05) is 16.8 Å². The molecule has 0 spiro atoms. The van der Waals surface area contributed by atoms with Crippen LogP contribution in [0.3, 0.4) is 0 Å². The lowest BCUT2D eigenvalue weighted by Gasteiger charge is -2.10. The van der Waals surface area contributed by atoms with Crippen LogP contribution in [0, 0.1) is 6.92 Å². The van der Waals surface area contributed by atoms with E-state index in [4.69, 9.17) is 22.1 Å². The molecule has 0 radical (unpaired) electrons. The maximum Gasteiger partial charge on any atom is 0.161 e. The van der Waals surface area contributed by atoms with Gasteiger partial charge in [0.05, 0.1) is 12.1 Å². The summed E-state index contributed by atoms with van der Waals surface area (Å²) in [4.78, 5) is 8.82. The van der Waals surface area contributed by atoms with Gasteiger partial charge in [0.2, 0.25) is 0 Å². The zero-order valence-electron chi connectivity index (χ0n) is 11.2. The normalized spacial score (nSPS) is 10.5. The van der Waals surface area contributed by atoms with E-state index in [1.807, 2.05) is 19.9 Å². The highest BCUT2D eigenvalue weighted by atomic mass is 35.5. The number of nitrogens with two attached hydrogens (primary N) is 1. The number of hydrogen-bond donors (Lipinski definition) is 1. The molecule has 2 aromatic rings. The fraction of sp³-hybridized carbons (Fsp3) is 0.286. The second-order valence-electron chi connectivity index (χ2n) is 4.20. The Balaban J connectivity index is 2.50. The number of hydrogen-bond acceptors (Lipinski definition) is 4. The van der Waals surface area contributed by atoms with Gasteiger partial charge in [-0.3, -0.25) is 0 Å². The van der Waals surface area contributed by atoms with Crippen molar-refractivity contribution in [3.8, 4) is 17.1 Å². The first-order valence-electron chi connectivity index (χ1n) is 6.03. The molecule has 2 N–H and O–H groups in total. The van der Waals surface area contributed by atoms with E-state index < -0.39 is 0 Å². The van der Waals surface area contributed by atoms with Crippen molar-refractivity contribution in [3.63, 3.8) is 0 Å². The topological polar surface area (TPSA) is 61.0 Å². The molecule has 0 saturated heterocycles. The number of aromatic nitrogens is 2. The van der Waals surface area contributed by atoms with Gasteiger partial charge < -0.3 is 10.5 Å². The third-order valence-electron chi connectivity index (χ3n) is 3.01. The minimum Gasteiger partial charge on any atom is -0.495 e. The molecule has 0 unspecified atom stereocenters. The number of methoxy groups -OCH3 is 1. The van der Waals surface area contributed by atoms with Crippen LogP contribution in [-0.2, 0) is 6.42 Å². The fourth-order valence-electron chi connectivity index (χ4n) is 1.99. The lowest BCUT2D eigenvalue weighted by atomic mass is 10.1. The lowest BCUT2D eigenvalue weighted by molar-refractivity contribution is 0.415. The first-order valence-corrected chi connectivity index (χ1v) is 6.41. The summed E-state index contributed by atoms with van der Waals surface area (Å²) < 4.78 is 5.12. The van der Waals surface area contributed by atoms with Crippen LogP contribution in [0.2, 0.25) is 5.02 Å². The third kappa shape index (κ3) is 2.63. The molecule has 0 bridgehead atoms. The zero-order valence-corrected chi connectivity index (χ0v) is 12.0. The van der Waals surface area contributed by atoms with Crippen molar-refractivity contribution in [3.05, 3.63) is 34.5 Å². The SMILES string of the molecule is CCc1c(C)nc(-c2ccc(OC)c(Cl)c2)nc1N. The van der Waals surface area contributed by atoms with Crippen molar-refractivity contribution in [2.75, 3.05) is 12.8 Å². The van der Waals surface area contributed by atoms with Crippen LogP contribution in [0.1, 0.15) is 18.2 Å². The van der Waals surface area contributed by atoms with Crippen LogP contribution in [-0.4, -0.2) is 17.1 Å². The molecule has 0 saturated carbocycles. The molecule has 0 aliphatic rings. The van der Waals surface area contributed by atoms with E-state index in [1.54, 1.807) is 19.2 Å². The van der Waals surface area contributed by atoms with Crippen molar-refractivity contribution in [2.24, 2.45) is 0 Å². The molecule has 5 heteroatoms. The van der Waals surface area contributed by atoms with Crippen LogP contribution in [0.15, 0.2) is 18.2 Å². The predicted molar refractivity (Wildman–Crippen MR) is 77.6 cm³/mol. The summed E-state index contributed by atoms with van der Waals surface area (Å²) in [5.41, 5.74) is 8.67. The number of rotatable bonds is 3. The minimum absolute atomic E-state index is 0.525. The summed E-state index contributed by atoms with van der Waals surface area (Å²) in [5, 5.41) is 0.527. The van der Waals surface area contributed by atoms with Crippen molar-refractivity contribution in [1.29, 1.82) is 0 Å². The van der Waals surface area contributed by atoms with Crippen molar-refractivity contribution >= 4 is 17.4 Å². The largest absolute Gasteiger partial charge is 0.495 e. The molecular weight excluding hydrogens is 262 g/mol. The Labute approximate surface area is 117 Å². The van der Waals surface area contributed by atoms with E-state index in [1.165, 1.54) is 0 Å². The smallest absolute Gasteiger partial charge is 0.161 e. The Bertz CT molecular complexity index is 591. The number of ether oxygens (including phenoxy) is 1. The van der Waals surface area contributed by atoms with Crippen LogP contribution < -0.4 is 10.5 Å². The Morgan fingerprint density at radius 3 is 2.58 bits per heavy atom. The maximum absolute atomic E-state index is 6.11. The van der Waals surface area contributed by atoms with Gasteiger partial charge >= 0.3 is 0 Å². The van der Waals surface area contributed by atoms with Gasteiger partial charge in [0.15, 0.2) is 5.82 Å². The van der Waals surface area contributed by atoms with E-state index in [2.05, 4.69) is 9.97 Å². The fourth-order valence-corrected chi connectivity index (χ4v) is 2.25. The summed E-state index contributed by atoms with van der Waals surface area (Å²) in [5.74, 6) is 1.73. The number of halogens is 1. The van der Waals surface area contributed by atoms with Gasteiger partial charge in [-0.2, -0.15) is 0 Å². The highest BCUT2D eigenvalue weighted by Crippen LogP contribution is 2.29. The van der Waals surface area contributed by atoms with E-state index in [9.17, 15) is 0 Å². The van der Waals surface area contributed by atoms with E-state index >= 15 is 0 Å². The number of nitrogens with zero attached hydrogens (tertiary/aromatic N) is 2. The maximum atomic E-state index is 6.11. The molecule has 1 aromatic heterocycles. The van der Waals surface area contributed by atoms with Gasteiger partial charge in [-0.1, -0.05) is 18.5 Å². The Morgan fingerprint density at radius 1 is 1.32 bits per heavy atom. The van der Waals surface area contributed by atoms with Crippen LogP contribution in [0.4, 0.5) is 5.82 Å². The molecule has 2 rings (SSSR count). The van der Waals surface area contributed by atoms with Gasteiger partial charge in [-0.05, 0) is 31.5 Å². The zero-order chi connectivity index (χ0) is 14.0. The van der Waals surface area contributed by atoms with Crippen LogP contribution >= 0.6 is 11.6 Å². The van der Waals surface area contributed by atoms with Gasteiger partial charge in [0.1, 0.15) is 11.6 Å². The summed E-state index contributed by atoms with van der Waals surface area (Å²) in [6, 6.07) is 5.44. The lowest BCUT2D eigenvalue weighted by Crippen LogP contribution is -2.04. The van der Waals surface area contributed by atoms with E-state index in [0.717, 1.165) is 23.2 Å². The number of benzene rings is 1. The van der Waals surface area contributed by atoms with Crippen molar-refractivity contribution in [1.82, 2.24) is 9.97 Å². The summed E-state index contributed by atoms with van der Waals surface area (Å²) in [6.45, 7) is 3.97. The quantitative estimate of drug-likeness (QED) is 0.935. The monoisotopic (exact) mass is 277 g/mol. The standard InChI is InChI=1S/C14H16ClN3O/c1-4-10-8(2)17-14(18-13(10)16)9-5-6-12(19-3)11(15)7-9/h5-7H,4H2,1-3H3,(H2,16,17,18). The molecule has 0 aliphatic heterocycles.